The number of rotatable bonds is 5. The van der Waals surface area contributed by atoms with Gasteiger partial charge < -0.3 is 19.8 Å². The number of carbonyl (C=O) groups is 1. The summed E-state index contributed by atoms with van der Waals surface area (Å²) in [5.74, 6) is 1.42. The van der Waals surface area contributed by atoms with E-state index in [1.165, 1.54) is 17.3 Å². The molecule has 1 aliphatic rings. The lowest BCUT2D eigenvalue weighted by Crippen LogP contribution is -2.30. The first-order valence-corrected chi connectivity index (χ1v) is 9.26. The summed E-state index contributed by atoms with van der Waals surface area (Å²) in [6.07, 6.45) is 0. The lowest BCUT2D eigenvalue weighted by Gasteiger charge is -2.11. The molecule has 1 aromatic heterocycles. The fourth-order valence-corrected chi connectivity index (χ4v) is 3.61. The molecule has 134 valence electrons. The Bertz CT molecular complexity index is 970. The van der Waals surface area contributed by atoms with Gasteiger partial charge in [-0.3, -0.25) is 4.79 Å². The van der Waals surface area contributed by atoms with E-state index in [4.69, 9.17) is 9.47 Å². The number of aromatic amines is 1. The minimum Gasteiger partial charge on any atom is -0.454 e. The molecule has 2 N–H and O–H groups in total. The van der Waals surface area contributed by atoms with Crippen LogP contribution in [0.1, 0.15) is 18.1 Å². The van der Waals surface area contributed by atoms with Gasteiger partial charge in [0.25, 0.3) is 0 Å². The third-order valence-electron chi connectivity index (χ3n) is 4.18. The van der Waals surface area contributed by atoms with Gasteiger partial charge in [-0.1, -0.05) is 23.9 Å². The fourth-order valence-electron chi connectivity index (χ4n) is 2.76. The first kappa shape index (κ1) is 16.8. The minimum atomic E-state index is -0.259. The molecular weight excluding hydrogens is 350 g/mol. The summed E-state index contributed by atoms with van der Waals surface area (Å²) in [7, 11) is 0. The lowest BCUT2D eigenvalue weighted by molar-refractivity contribution is -0.120. The van der Waals surface area contributed by atoms with Crippen LogP contribution in [0.15, 0.2) is 41.6 Å². The predicted molar refractivity (Wildman–Crippen MR) is 101 cm³/mol. The summed E-state index contributed by atoms with van der Waals surface area (Å²) >= 11 is 1.42. The van der Waals surface area contributed by atoms with Gasteiger partial charge in [0.15, 0.2) is 16.7 Å². The molecule has 0 bridgehead atoms. The number of H-pyrrole nitrogens is 1. The number of aromatic nitrogens is 2. The fraction of sp³-hybridized carbons (Fsp3) is 0.263. The quantitative estimate of drug-likeness (QED) is 0.674. The van der Waals surface area contributed by atoms with Crippen LogP contribution in [0.3, 0.4) is 0 Å². The van der Waals surface area contributed by atoms with Gasteiger partial charge in [-0.2, -0.15) is 0 Å². The van der Waals surface area contributed by atoms with Crippen molar-refractivity contribution in [1.82, 2.24) is 15.3 Å². The molecule has 0 fully saturated rings. The number of hydrogen-bond acceptors (Lipinski definition) is 5. The number of imidazole rings is 1. The number of amides is 1. The summed E-state index contributed by atoms with van der Waals surface area (Å²) in [5, 5.41) is 3.44. The second-order valence-electron chi connectivity index (χ2n) is 6.23. The number of nitrogens with zero attached hydrogens (tertiary/aromatic N) is 1. The average Bonchev–Trinajstić information content (AvgIpc) is 3.24. The van der Waals surface area contributed by atoms with Gasteiger partial charge in [-0.25, -0.2) is 4.98 Å². The third-order valence-corrected chi connectivity index (χ3v) is 5.16. The van der Waals surface area contributed by atoms with E-state index in [9.17, 15) is 4.79 Å². The second kappa shape index (κ2) is 6.92. The summed E-state index contributed by atoms with van der Waals surface area (Å²) in [4.78, 5) is 20.2. The average molecular weight is 369 g/mol. The third kappa shape index (κ3) is 3.48. The maximum Gasteiger partial charge on any atom is 0.233 e. The molecule has 0 unspecified atom stereocenters. The molecule has 0 saturated carbocycles. The smallest absolute Gasteiger partial charge is 0.233 e. The van der Waals surface area contributed by atoms with Gasteiger partial charge in [0.1, 0.15) is 0 Å². The van der Waals surface area contributed by atoms with Crippen molar-refractivity contribution in [2.24, 2.45) is 0 Å². The van der Waals surface area contributed by atoms with Crippen LogP contribution in [0.4, 0.5) is 0 Å². The Kier molecular flexibility index (Phi) is 4.46. The molecule has 3 aromatic rings. The molecule has 2 heterocycles. The summed E-state index contributed by atoms with van der Waals surface area (Å²) in [5.41, 5.74) is 4.04. The van der Waals surface area contributed by atoms with Gasteiger partial charge >= 0.3 is 0 Å². The van der Waals surface area contributed by atoms with E-state index >= 15 is 0 Å². The highest BCUT2D eigenvalue weighted by atomic mass is 32.2. The highest BCUT2D eigenvalue weighted by Crippen LogP contribution is 2.32. The molecule has 6 nitrogen and oxygen atoms in total. The van der Waals surface area contributed by atoms with Crippen molar-refractivity contribution in [3.05, 3.63) is 47.5 Å². The van der Waals surface area contributed by atoms with Gasteiger partial charge in [0.2, 0.25) is 12.7 Å². The van der Waals surface area contributed by atoms with Crippen molar-refractivity contribution >= 4 is 28.7 Å². The number of aryl methyl sites for hydroxylation is 1. The Labute approximate surface area is 155 Å². The molecule has 1 amide bonds. The van der Waals surface area contributed by atoms with Crippen molar-refractivity contribution in [2.45, 2.75) is 30.8 Å². The molecular formula is C19H19N3O3S. The maximum atomic E-state index is 12.4. The number of hydrogen-bond donors (Lipinski definition) is 2. The number of carbonyl (C=O) groups excluding carboxylic acids is 1. The first-order chi connectivity index (χ1) is 12.6. The monoisotopic (exact) mass is 369 g/mol. The van der Waals surface area contributed by atoms with Gasteiger partial charge in [0.05, 0.1) is 16.3 Å². The van der Waals surface area contributed by atoms with Crippen LogP contribution in [0.25, 0.3) is 11.0 Å². The van der Waals surface area contributed by atoms with E-state index in [0.29, 0.717) is 6.54 Å². The Balaban J connectivity index is 1.36. The molecule has 26 heavy (non-hydrogen) atoms. The molecule has 0 radical (unpaired) electrons. The van der Waals surface area contributed by atoms with Gasteiger partial charge in [-0.15, -0.1) is 0 Å². The summed E-state index contributed by atoms with van der Waals surface area (Å²) < 4.78 is 10.7. The largest absolute Gasteiger partial charge is 0.454 e. The molecule has 2 aromatic carbocycles. The molecule has 1 aliphatic heterocycles. The van der Waals surface area contributed by atoms with Crippen molar-refractivity contribution in [3.63, 3.8) is 0 Å². The van der Waals surface area contributed by atoms with Crippen LogP contribution >= 0.6 is 11.8 Å². The molecule has 0 spiro atoms. The Hall–Kier alpha value is -2.67. The number of ether oxygens (including phenoxy) is 2. The van der Waals surface area contributed by atoms with Crippen LogP contribution in [0.2, 0.25) is 0 Å². The van der Waals surface area contributed by atoms with Crippen molar-refractivity contribution in [1.29, 1.82) is 0 Å². The predicted octanol–water partition coefficient (Wildman–Crippen LogP) is 3.40. The summed E-state index contributed by atoms with van der Waals surface area (Å²) in [6, 6.07) is 11.7. The number of fused-ring (bicyclic) bond motifs is 2. The van der Waals surface area contributed by atoms with Gasteiger partial charge in [0, 0.05) is 6.54 Å². The SMILES string of the molecule is Cc1ccc2nc(S[C@@H](C)C(=O)NCc3ccc4c(c3)OCO4)[nH]c2c1. The van der Waals surface area contributed by atoms with Crippen LogP contribution in [-0.2, 0) is 11.3 Å². The number of nitrogens with one attached hydrogen (secondary N) is 2. The van der Waals surface area contributed by atoms with Crippen molar-refractivity contribution in [3.8, 4) is 11.5 Å². The molecule has 0 saturated heterocycles. The summed E-state index contributed by atoms with van der Waals surface area (Å²) in [6.45, 7) is 4.60. The topological polar surface area (TPSA) is 76.2 Å². The Morgan fingerprint density at radius 3 is 3.00 bits per heavy atom. The first-order valence-electron chi connectivity index (χ1n) is 8.38. The zero-order chi connectivity index (χ0) is 18.1. The minimum absolute atomic E-state index is 0.0377. The maximum absolute atomic E-state index is 12.4. The zero-order valence-electron chi connectivity index (χ0n) is 14.5. The molecule has 4 rings (SSSR count). The van der Waals surface area contributed by atoms with Crippen molar-refractivity contribution in [2.75, 3.05) is 6.79 Å². The zero-order valence-corrected chi connectivity index (χ0v) is 15.4. The Morgan fingerprint density at radius 2 is 2.12 bits per heavy atom. The van der Waals surface area contributed by atoms with Crippen LogP contribution < -0.4 is 14.8 Å². The van der Waals surface area contributed by atoms with Crippen LogP contribution in [-0.4, -0.2) is 27.9 Å². The number of benzene rings is 2. The number of thioether (sulfide) groups is 1. The van der Waals surface area contributed by atoms with Crippen molar-refractivity contribution < 1.29 is 14.3 Å². The van der Waals surface area contributed by atoms with E-state index in [0.717, 1.165) is 33.3 Å². The second-order valence-corrected chi connectivity index (χ2v) is 7.56. The van der Waals surface area contributed by atoms with Crippen LogP contribution in [0.5, 0.6) is 11.5 Å². The van der Waals surface area contributed by atoms with E-state index in [1.54, 1.807) is 0 Å². The highest BCUT2D eigenvalue weighted by molar-refractivity contribution is 8.00. The molecule has 1 atom stereocenters. The van der Waals surface area contributed by atoms with E-state index < -0.39 is 0 Å². The lowest BCUT2D eigenvalue weighted by atomic mass is 10.2. The Morgan fingerprint density at radius 1 is 1.27 bits per heavy atom. The molecule has 7 heteroatoms. The normalized spacial score (nSPS) is 13.8. The van der Waals surface area contributed by atoms with Gasteiger partial charge in [-0.05, 0) is 49.2 Å². The highest BCUT2D eigenvalue weighted by Gasteiger charge is 2.17. The van der Waals surface area contributed by atoms with E-state index in [-0.39, 0.29) is 18.0 Å². The van der Waals surface area contributed by atoms with E-state index in [2.05, 4.69) is 21.4 Å². The standard InChI is InChI=1S/C19H19N3O3S/c1-11-3-5-14-15(7-11)22-19(21-14)26-12(2)18(23)20-9-13-4-6-16-17(8-13)25-10-24-16/h3-8,12H,9-10H2,1-2H3,(H,20,23)(H,21,22)/t12-/m0/s1. The molecule has 0 aliphatic carbocycles. The van der Waals surface area contributed by atoms with E-state index in [1.807, 2.05) is 44.2 Å². The van der Waals surface area contributed by atoms with Crippen LogP contribution in [0, 0.1) is 6.92 Å².